The second-order valence-electron chi connectivity index (χ2n) is 17.4. The molecule has 0 nitrogen and oxygen atoms in total. The van der Waals surface area contributed by atoms with E-state index in [-0.39, 0.29) is 10.8 Å². The average molecular weight is 729 g/mol. The SMILES string of the molecule is Cc1ccccc1-c1ccc2c(c1)C(C)(C)c1cc(-c3ccc4c(c3)C(C)(C)c3cc(-c5ccc6cc(-c7ccc8ccccc8c7)ccc6c5)ccc3-4)ccc1-2. The van der Waals surface area contributed by atoms with Crippen LogP contribution in [0.1, 0.15) is 55.5 Å². The van der Waals surface area contributed by atoms with Gasteiger partial charge in [-0.1, -0.05) is 161 Å². The van der Waals surface area contributed by atoms with Gasteiger partial charge in [0.2, 0.25) is 0 Å². The quantitative estimate of drug-likeness (QED) is 0.169. The third-order valence-corrected chi connectivity index (χ3v) is 13.4. The lowest BCUT2D eigenvalue weighted by Crippen LogP contribution is -2.15. The van der Waals surface area contributed by atoms with E-state index in [1.54, 1.807) is 0 Å². The summed E-state index contributed by atoms with van der Waals surface area (Å²) in [5.74, 6) is 0. The van der Waals surface area contributed by atoms with Crippen LogP contribution in [0.15, 0.2) is 176 Å². The summed E-state index contributed by atoms with van der Waals surface area (Å²) in [6, 6.07) is 66.3. The Morgan fingerprint density at radius 2 is 0.579 bits per heavy atom. The number of benzene rings is 9. The Balaban J connectivity index is 0.899. The van der Waals surface area contributed by atoms with Crippen molar-refractivity contribution < 1.29 is 0 Å². The number of fused-ring (bicyclic) bond motifs is 8. The number of hydrogen-bond donors (Lipinski definition) is 0. The highest BCUT2D eigenvalue weighted by Gasteiger charge is 2.38. The van der Waals surface area contributed by atoms with Gasteiger partial charge in [-0.3, -0.25) is 0 Å². The first-order chi connectivity index (χ1) is 27.6. The summed E-state index contributed by atoms with van der Waals surface area (Å²) < 4.78 is 0. The Morgan fingerprint density at radius 1 is 0.263 bits per heavy atom. The van der Waals surface area contributed by atoms with E-state index in [4.69, 9.17) is 0 Å². The molecule has 11 rings (SSSR count). The molecule has 57 heavy (non-hydrogen) atoms. The number of hydrogen-bond acceptors (Lipinski definition) is 0. The van der Waals surface area contributed by atoms with E-state index in [0.717, 1.165) is 0 Å². The van der Waals surface area contributed by atoms with Crippen LogP contribution in [0.5, 0.6) is 0 Å². The minimum atomic E-state index is -0.125. The van der Waals surface area contributed by atoms with Gasteiger partial charge < -0.3 is 0 Å². The molecule has 0 aromatic heterocycles. The highest BCUT2D eigenvalue weighted by molar-refractivity contribution is 5.94. The van der Waals surface area contributed by atoms with Crippen molar-refractivity contribution in [3.05, 3.63) is 204 Å². The van der Waals surface area contributed by atoms with Crippen molar-refractivity contribution in [1.82, 2.24) is 0 Å². The largest absolute Gasteiger partial charge is 0.0620 e. The van der Waals surface area contributed by atoms with Crippen molar-refractivity contribution in [3.63, 3.8) is 0 Å². The smallest absolute Gasteiger partial charge is 0.0159 e. The maximum atomic E-state index is 2.46. The van der Waals surface area contributed by atoms with Gasteiger partial charge >= 0.3 is 0 Å². The number of rotatable bonds is 4. The molecule has 0 amide bonds. The van der Waals surface area contributed by atoms with Crippen molar-refractivity contribution in [3.8, 4) is 66.8 Å². The lowest BCUT2D eigenvalue weighted by molar-refractivity contribution is 0.660. The summed E-state index contributed by atoms with van der Waals surface area (Å²) >= 11 is 0. The molecule has 0 N–H and O–H groups in total. The molecule has 0 heterocycles. The minimum Gasteiger partial charge on any atom is -0.0620 e. The first-order valence-electron chi connectivity index (χ1n) is 20.3. The topological polar surface area (TPSA) is 0 Å². The van der Waals surface area contributed by atoms with E-state index < -0.39 is 0 Å². The predicted octanol–water partition coefficient (Wildman–Crippen LogP) is 15.6. The van der Waals surface area contributed by atoms with Gasteiger partial charge in [-0.25, -0.2) is 0 Å². The second-order valence-corrected chi connectivity index (χ2v) is 17.4. The van der Waals surface area contributed by atoms with Crippen LogP contribution in [-0.2, 0) is 10.8 Å². The highest BCUT2D eigenvalue weighted by atomic mass is 14.4. The molecule has 0 radical (unpaired) electrons. The fourth-order valence-corrected chi connectivity index (χ4v) is 10.1. The predicted molar refractivity (Wildman–Crippen MR) is 243 cm³/mol. The summed E-state index contributed by atoms with van der Waals surface area (Å²) in [6.45, 7) is 11.8. The maximum Gasteiger partial charge on any atom is 0.0159 e. The third-order valence-electron chi connectivity index (χ3n) is 13.4. The molecule has 0 saturated heterocycles. The molecule has 0 heteroatoms. The van der Waals surface area contributed by atoms with Crippen LogP contribution in [-0.4, -0.2) is 0 Å². The summed E-state index contributed by atoms with van der Waals surface area (Å²) in [5.41, 5.74) is 22.3. The zero-order valence-electron chi connectivity index (χ0n) is 33.2. The minimum absolute atomic E-state index is 0.0930. The molecule has 0 atom stereocenters. The first kappa shape index (κ1) is 33.8. The lowest BCUT2D eigenvalue weighted by Gasteiger charge is -2.24. The maximum absolute atomic E-state index is 2.46. The molecule has 0 spiro atoms. The van der Waals surface area contributed by atoms with Crippen LogP contribution in [0, 0.1) is 6.92 Å². The van der Waals surface area contributed by atoms with Crippen LogP contribution < -0.4 is 0 Å². The molecule has 2 aliphatic rings. The average Bonchev–Trinajstić information content (AvgIpc) is 3.61. The van der Waals surface area contributed by atoms with Crippen LogP contribution in [0.25, 0.3) is 88.3 Å². The zero-order chi connectivity index (χ0) is 38.6. The van der Waals surface area contributed by atoms with E-state index in [2.05, 4.69) is 211 Å². The monoisotopic (exact) mass is 728 g/mol. The van der Waals surface area contributed by atoms with E-state index in [9.17, 15) is 0 Å². The van der Waals surface area contributed by atoms with Gasteiger partial charge in [0, 0.05) is 10.8 Å². The summed E-state index contributed by atoms with van der Waals surface area (Å²) in [7, 11) is 0. The Labute approximate surface area is 336 Å². The van der Waals surface area contributed by atoms with Crippen molar-refractivity contribution in [2.24, 2.45) is 0 Å². The van der Waals surface area contributed by atoms with Gasteiger partial charge in [-0.2, -0.15) is 0 Å². The Morgan fingerprint density at radius 3 is 1.04 bits per heavy atom. The van der Waals surface area contributed by atoms with E-state index >= 15 is 0 Å². The fourth-order valence-electron chi connectivity index (χ4n) is 10.1. The fraction of sp³-hybridized carbons (Fsp3) is 0.123. The van der Waals surface area contributed by atoms with Crippen molar-refractivity contribution in [1.29, 1.82) is 0 Å². The first-order valence-corrected chi connectivity index (χ1v) is 20.3. The van der Waals surface area contributed by atoms with Gasteiger partial charge in [0.15, 0.2) is 0 Å². The summed E-state index contributed by atoms with van der Waals surface area (Å²) in [4.78, 5) is 0. The molecule has 0 unspecified atom stereocenters. The van der Waals surface area contributed by atoms with Gasteiger partial charge in [-0.05, 0) is 166 Å². The molecule has 272 valence electrons. The molecule has 0 bridgehead atoms. The molecule has 0 aliphatic heterocycles. The molecule has 0 saturated carbocycles. The molecular formula is C57H44. The van der Waals surface area contributed by atoms with Crippen LogP contribution in [0.3, 0.4) is 0 Å². The summed E-state index contributed by atoms with van der Waals surface area (Å²) in [5, 5.41) is 5.07. The molecule has 0 fully saturated rings. The van der Waals surface area contributed by atoms with Gasteiger partial charge in [-0.15, -0.1) is 0 Å². The van der Waals surface area contributed by atoms with Crippen molar-refractivity contribution in [2.45, 2.75) is 45.4 Å². The van der Waals surface area contributed by atoms with E-state index in [0.29, 0.717) is 0 Å². The highest BCUT2D eigenvalue weighted by Crippen LogP contribution is 2.53. The Hall–Kier alpha value is -6.50. The lowest BCUT2D eigenvalue weighted by atomic mass is 9.79. The Kier molecular flexibility index (Phi) is 7.26. The van der Waals surface area contributed by atoms with Crippen LogP contribution >= 0.6 is 0 Å². The normalized spacial score (nSPS) is 14.3. The molecule has 9 aromatic carbocycles. The van der Waals surface area contributed by atoms with Gasteiger partial charge in [0.05, 0.1) is 0 Å². The molecular weight excluding hydrogens is 685 g/mol. The summed E-state index contributed by atoms with van der Waals surface area (Å²) in [6.07, 6.45) is 0. The zero-order valence-corrected chi connectivity index (χ0v) is 33.2. The van der Waals surface area contributed by atoms with Crippen LogP contribution in [0.4, 0.5) is 0 Å². The molecule has 2 aliphatic carbocycles. The van der Waals surface area contributed by atoms with E-state index in [1.807, 2.05) is 0 Å². The molecule has 9 aromatic rings. The van der Waals surface area contributed by atoms with Gasteiger partial charge in [0.1, 0.15) is 0 Å². The van der Waals surface area contributed by atoms with Crippen molar-refractivity contribution >= 4 is 21.5 Å². The van der Waals surface area contributed by atoms with Gasteiger partial charge in [0.25, 0.3) is 0 Å². The van der Waals surface area contributed by atoms with Crippen LogP contribution in [0.2, 0.25) is 0 Å². The van der Waals surface area contributed by atoms with E-state index in [1.165, 1.54) is 116 Å². The van der Waals surface area contributed by atoms with Crippen molar-refractivity contribution in [2.75, 3.05) is 0 Å². The third kappa shape index (κ3) is 5.20. The standard InChI is InChI=1S/C57H44/c1-35-10-6-9-13-47(35)46-23-27-51-50-26-22-45(33-54(50)57(4,5)55(51)34-46)44-21-25-49-48-24-20-43(31-52(48)56(2,3)53(49)32-44)42-19-18-40-29-39(16-17-41(40)30-42)38-15-14-36-11-7-8-12-37(36)28-38/h6-34H,1-5H3. The second kappa shape index (κ2) is 12.2. The number of aryl methyl sites for hydroxylation is 1. The Bertz CT molecular complexity index is 3130.